The van der Waals surface area contributed by atoms with Crippen LogP contribution in [-0.4, -0.2) is 19.6 Å². The quantitative estimate of drug-likeness (QED) is 0.673. The number of para-hydroxylation sites is 1. The van der Waals surface area contributed by atoms with E-state index in [4.69, 9.17) is 0 Å². The summed E-state index contributed by atoms with van der Waals surface area (Å²) in [7, 11) is 1.40. The molecule has 1 amide bonds. The van der Waals surface area contributed by atoms with Crippen LogP contribution in [0.1, 0.15) is 0 Å². The molecule has 1 aromatic rings. The Labute approximate surface area is 76.9 Å². The first-order valence-electron chi connectivity index (χ1n) is 3.93. The zero-order valence-corrected chi connectivity index (χ0v) is 7.41. The number of carbonyl (C=O) groups is 1. The van der Waals surface area contributed by atoms with Gasteiger partial charge in [0.25, 0.3) is 5.91 Å². The Morgan fingerprint density at radius 2 is 2.08 bits per heavy atom. The molecule has 70 valence electrons. The Kier molecular flexibility index (Phi) is 3.78. The van der Waals surface area contributed by atoms with Crippen molar-refractivity contribution < 1.29 is 9.63 Å². The second-order valence-electron chi connectivity index (χ2n) is 2.45. The van der Waals surface area contributed by atoms with Crippen molar-refractivity contribution in [2.75, 3.05) is 19.0 Å². The number of anilines is 1. The van der Waals surface area contributed by atoms with Crippen molar-refractivity contribution in [3.05, 3.63) is 30.3 Å². The van der Waals surface area contributed by atoms with E-state index in [9.17, 15) is 4.79 Å². The molecule has 0 spiro atoms. The van der Waals surface area contributed by atoms with Crippen LogP contribution in [0.25, 0.3) is 0 Å². The van der Waals surface area contributed by atoms with E-state index in [0.29, 0.717) is 0 Å². The molecule has 0 radical (unpaired) electrons. The van der Waals surface area contributed by atoms with Crippen molar-refractivity contribution in [1.82, 2.24) is 5.48 Å². The third-order valence-electron chi connectivity index (χ3n) is 1.44. The van der Waals surface area contributed by atoms with Gasteiger partial charge in [0.05, 0.1) is 13.7 Å². The van der Waals surface area contributed by atoms with Gasteiger partial charge >= 0.3 is 0 Å². The van der Waals surface area contributed by atoms with Crippen molar-refractivity contribution in [3.63, 3.8) is 0 Å². The first-order valence-corrected chi connectivity index (χ1v) is 3.93. The van der Waals surface area contributed by atoms with Gasteiger partial charge in [-0.25, -0.2) is 5.48 Å². The van der Waals surface area contributed by atoms with Crippen molar-refractivity contribution in [2.45, 2.75) is 0 Å². The molecule has 0 saturated carbocycles. The molecule has 0 aliphatic carbocycles. The second-order valence-corrected chi connectivity index (χ2v) is 2.45. The highest BCUT2D eigenvalue weighted by Gasteiger charge is 1.97. The summed E-state index contributed by atoms with van der Waals surface area (Å²) in [6.45, 7) is 0.206. The molecule has 0 heterocycles. The van der Waals surface area contributed by atoms with Crippen LogP contribution in [0.3, 0.4) is 0 Å². The highest BCUT2D eigenvalue weighted by molar-refractivity contribution is 5.79. The van der Waals surface area contributed by atoms with E-state index in [1.54, 1.807) is 0 Å². The lowest BCUT2D eigenvalue weighted by atomic mass is 10.3. The molecule has 0 aliphatic rings. The fourth-order valence-electron chi connectivity index (χ4n) is 0.888. The summed E-state index contributed by atoms with van der Waals surface area (Å²) in [5.74, 6) is -0.202. The summed E-state index contributed by atoms with van der Waals surface area (Å²) in [5, 5.41) is 2.94. The molecule has 1 rings (SSSR count). The van der Waals surface area contributed by atoms with E-state index in [2.05, 4.69) is 15.6 Å². The van der Waals surface area contributed by atoms with Crippen LogP contribution >= 0.6 is 0 Å². The SMILES string of the molecule is CONC(=O)CNc1ccccc1. The van der Waals surface area contributed by atoms with Crippen LogP contribution < -0.4 is 10.8 Å². The van der Waals surface area contributed by atoms with Gasteiger partial charge in [-0.1, -0.05) is 18.2 Å². The number of benzene rings is 1. The maximum Gasteiger partial charge on any atom is 0.262 e. The number of amides is 1. The smallest absolute Gasteiger partial charge is 0.262 e. The molecule has 0 aliphatic heterocycles. The Morgan fingerprint density at radius 3 is 2.69 bits per heavy atom. The van der Waals surface area contributed by atoms with Crippen LogP contribution in [0.5, 0.6) is 0 Å². The van der Waals surface area contributed by atoms with Gasteiger partial charge in [-0.15, -0.1) is 0 Å². The average molecular weight is 180 g/mol. The minimum atomic E-state index is -0.202. The Balaban J connectivity index is 2.31. The number of carbonyl (C=O) groups excluding carboxylic acids is 1. The van der Waals surface area contributed by atoms with Gasteiger partial charge in [-0.2, -0.15) is 0 Å². The van der Waals surface area contributed by atoms with Gasteiger partial charge in [0.15, 0.2) is 0 Å². The van der Waals surface area contributed by atoms with Crippen LogP contribution in [0.15, 0.2) is 30.3 Å². The van der Waals surface area contributed by atoms with Gasteiger partial charge in [-0.05, 0) is 12.1 Å². The van der Waals surface area contributed by atoms with E-state index >= 15 is 0 Å². The lowest BCUT2D eigenvalue weighted by Gasteiger charge is -2.05. The monoisotopic (exact) mass is 180 g/mol. The maximum absolute atomic E-state index is 10.9. The van der Waals surface area contributed by atoms with E-state index in [1.165, 1.54) is 7.11 Å². The van der Waals surface area contributed by atoms with Crippen LogP contribution in [0, 0.1) is 0 Å². The average Bonchev–Trinajstić information content (AvgIpc) is 2.17. The Hall–Kier alpha value is -1.55. The molecule has 4 heteroatoms. The summed E-state index contributed by atoms with van der Waals surface area (Å²) >= 11 is 0. The van der Waals surface area contributed by atoms with Crippen LogP contribution in [0.2, 0.25) is 0 Å². The molecule has 0 aromatic heterocycles. The minimum absolute atomic E-state index is 0.202. The first kappa shape index (κ1) is 9.54. The molecule has 0 saturated heterocycles. The molecule has 4 nitrogen and oxygen atoms in total. The van der Waals surface area contributed by atoms with E-state index in [0.717, 1.165) is 5.69 Å². The fraction of sp³-hybridized carbons (Fsp3) is 0.222. The summed E-state index contributed by atoms with van der Waals surface area (Å²) < 4.78 is 0. The van der Waals surface area contributed by atoms with E-state index in [1.807, 2.05) is 30.3 Å². The first-order chi connectivity index (χ1) is 6.33. The lowest BCUT2D eigenvalue weighted by Crippen LogP contribution is -2.28. The predicted molar refractivity (Wildman–Crippen MR) is 50.1 cm³/mol. The molecule has 2 N–H and O–H groups in total. The lowest BCUT2D eigenvalue weighted by molar-refractivity contribution is -0.129. The Morgan fingerprint density at radius 1 is 1.38 bits per heavy atom. The van der Waals surface area contributed by atoms with Crippen molar-refractivity contribution in [1.29, 1.82) is 0 Å². The van der Waals surface area contributed by atoms with Crippen LogP contribution in [-0.2, 0) is 9.63 Å². The molecule has 0 atom stereocenters. The topological polar surface area (TPSA) is 50.4 Å². The summed E-state index contributed by atoms with van der Waals surface area (Å²) in [5.41, 5.74) is 3.13. The summed E-state index contributed by atoms with van der Waals surface area (Å²) in [4.78, 5) is 15.4. The molecular weight excluding hydrogens is 168 g/mol. The zero-order valence-electron chi connectivity index (χ0n) is 7.41. The Bertz CT molecular complexity index is 262. The summed E-state index contributed by atoms with van der Waals surface area (Å²) in [6.07, 6.45) is 0. The summed E-state index contributed by atoms with van der Waals surface area (Å²) in [6, 6.07) is 9.49. The van der Waals surface area contributed by atoms with E-state index < -0.39 is 0 Å². The molecule has 1 aromatic carbocycles. The van der Waals surface area contributed by atoms with Crippen LogP contribution in [0.4, 0.5) is 5.69 Å². The zero-order chi connectivity index (χ0) is 9.52. The predicted octanol–water partition coefficient (Wildman–Crippen LogP) is 0.776. The van der Waals surface area contributed by atoms with Gasteiger partial charge in [0.2, 0.25) is 0 Å². The highest BCUT2D eigenvalue weighted by atomic mass is 16.6. The standard InChI is InChI=1S/C9H12N2O2/c1-13-11-9(12)7-10-8-5-3-2-4-6-8/h2-6,10H,7H2,1H3,(H,11,12). The number of hydrogen-bond acceptors (Lipinski definition) is 3. The maximum atomic E-state index is 10.9. The highest BCUT2D eigenvalue weighted by Crippen LogP contribution is 2.03. The largest absolute Gasteiger partial charge is 0.376 e. The molecule has 0 unspecified atom stereocenters. The molecule has 13 heavy (non-hydrogen) atoms. The number of rotatable bonds is 4. The number of hydrogen-bond donors (Lipinski definition) is 2. The number of nitrogens with one attached hydrogen (secondary N) is 2. The van der Waals surface area contributed by atoms with Crippen molar-refractivity contribution in [2.24, 2.45) is 0 Å². The van der Waals surface area contributed by atoms with Gasteiger partial charge < -0.3 is 5.32 Å². The van der Waals surface area contributed by atoms with Gasteiger partial charge in [-0.3, -0.25) is 9.63 Å². The molecular formula is C9H12N2O2. The molecule has 0 bridgehead atoms. The van der Waals surface area contributed by atoms with Gasteiger partial charge in [0, 0.05) is 5.69 Å². The van der Waals surface area contributed by atoms with Crippen molar-refractivity contribution >= 4 is 11.6 Å². The molecule has 0 fully saturated rings. The van der Waals surface area contributed by atoms with E-state index in [-0.39, 0.29) is 12.5 Å². The normalized spacial score (nSPS) is 9.31. The second kappa shape index (κ2) is 5.16. The third kappa shape index (κ3) is 3.57. The fourth-order valence-corrected chi connectivity index (χ4v) is 0.888. The number of hydroxylamine groups is 1. The minimum Gasteiger partial charge on any atom is -0.376 e. The third-order valence-corrected chi connectivity index (χ3v) is 1.44. The van der Waals surface area contributed by atoms with Crippen molar-refractivity contribution in [3.8, 4) is 0 Å². The van der Waals surface area contributed by atoms with Gasteiger partial charge in [0.1, 0.15) is 0 Å².